The van der Waals surface area contributed by atoms with Crippen molar-refractivity contribution in [3.05, 3.63) is 77.5 Å². The molecule has 0 unspecified atom stereocenters. The summed E-state index contributed by atoms with van der Waals surface area (Å²) in [7, 11) is 0. The maximum absolute atomic E-state index is 4.58. The highest BCUT2D eigenvalue weighted by molar-refractivity contribution is 5.59. The number of para-hydroxylation sites is 1. The number of benzene rings is 2. The minimum absolute atomic E-state index is 0.625. The first kappa shape index (κ1) is 17.0. The third-order valence-electron chi connectivity index (χ3n) is 4.04. The lowest BCUT2D eigenvalue weighted by molar-refractivity contribution is 0.857. The molecular formula is C21H24N4. The first-order valence-electron chi connectivity index (χ1n) is 8.67. The summed E-state index contributed by atoms with van der Waals surface area (Å²) in [5, 5.41) is 6.71. The molecule has 3 rings (SSSR count). The van der Waals surface area contributed by atoms with Gasteiger partial charge in [-0.1, -0.05) is 48.5 Å². The van der Waals surface area contributed by atoms with Crippen LogP contribution < -0.4 is 10.6 Å². The second-order valence-corrected chi connectivity index (χ2v) is 6.17. The third-order valence-corrected chi connectivity index (χ3v) is 4.04. The fourth-order valence-corrected chi connectivity index (χ4v) is 2.70. The average molecular weight is 332 g/mol. The van der Waals surface area contributed by atoms with Crippen molar-refractivity contribution in [1.82, 2.24) is 9.97 Å². The normalized spacial score (nSPS) is 10.5. The van der Waals surface area contributed by atoms with Crippen molar-refractivity contribution >= 4 is 17.5 Å². The van der Waals surface area contributed by atoms with E-state index in [0.29, 0.717) is 5.95 Å². The van der Waals surface area contributed by atoms with Gasteiger partial charge in [0.25, 0.3) is 0 Å². The molecule has 0 amide bonds. The van der Waals surface area contributed by atoms with E-state index in [9.17, 15) is 0 Å². The van der Waals surface area contributed by atoms with Gasteiger partial charge in [-0.05, 0) is 43.9 Å². The van der Waals surface area contributed by atoms with Gasteiger partial charge >= 0.3 is 0 Å². The van der Waals surface area contributed by atoms with Crippen LogP contribution in [0.4, 0.5) is 17.5 Å². The number of aryl methyl sites for hydroxylation is 3. The fourth-order valence-electron chi connectivity index (χ4n) is 2.70. The number of hydrogen-bond donors (Lipinski definition) is 2. The van der Waals surface area contributed by atoms with E-state index < -0.39 is 0 Å². The molecule has 0 radical (unpaired) electrons. The molecule has 0 atom stereocenters. The van der Waals surface area contributed by atoms with Crippen LogP contribution >= 0.6 is 0 Å². The largest absolute Gasteiger partial charge is 0.370 e. The Morgan fingerprint density at radius 2 is 1.64 bits per heavy atom. The summed E-state index contributed by atoms with van der Waals surface area (Å²) >= 11 is 0. The van der Waals surface area contributed by atoms with E-state index in [-0.39, 0.29) is 0 Å². The molecule has 2 N–H and O–H groups in total. The van der Waals surface area contributed by atoms with Crippen molar-refractivity contribution in [2.45, 2.75) is 26.7 Å². The monoisotopic (exact) mass is 332 g/mol. The van der Waals surface area contributed by atoms with E-state index >= 15 is 0 Å². The number of aromatic nitrogens is 2. The van der Waals surface area contributed by atoms with Crippen LogP contribution in [0.3, 0.4) is 0 Å². The molecule has 2 aromatic carbocycles. The molecule has 4 nitrogen and oxygen atoms in total. The summed E-state index contributed by atoms with van der Waals surface area (Å²) in [6, 6.07) is 20.7. The van der Waals surface area contributed by atoms with Crippen molar-refractivity contribution in [2.75, 3.05) is 17.2 Å². The topological polar surface area (TPSA) is 49.8 Å². The first-order chi connectivity index (χ1) is 12.2. The highest BCUT2D eigenvalue weighted by atomic mass is 15.1. The van der Waals surface area contributed by atoms with Gasteiger partial charge in [0.2, 0.25) is 5.95 Å². The fraction of sp³-hybridized carbons (Fsp3) is 0.238. The van der Waals surface area contributed by atoms with Crippen molar-refractivity contribution in [3.63, 3.8) is 0 Å². The van der Waals surface area contributed by atoms with Gasteiger partial charge in [0.15, 0.2) is 0 Å². The van der Waals surface area contributed by atoms with Gasteiger partial charge in [-0.15, -0.1) is 0 Å². The molecule has 0 aliphatic heterocycles. The minimum atomic E-state index is 0.625. The van der Waals surface area contributed by atoms with Crippen LogP contribution in [0, 0.1) is 13.8 Å². The lowest BCUT2D eigenvalue weighted by Crippen LogP contribution is -2.08. The number of hydrogen-bond acceptors (Lipinski definition) is 4. The van der Waals surface area contributed by atoms with Crippen molar-refractivity contribution < 1.29 is 0 Å². The number of rotatable bonds is 7. The van der Waals surface area contributed by atoms with Gasteiger partial charge in [0, 0.05) is 24.0 Å². The Kier molecular flexibility index (Phi) is 5.62. The molecule has 3 aromatic rings. The zero-order valence-electron chi connectivity index (χ0n) is 14.8. The standard InChI is InChI=1S/C21H24N4/c1-16-9-6-7-13-19(16)24-21-23-17(2)15-20(25-21)22-14-8-12-18-10-4-3-5-11-18/h3-7,9-11,13,15H,8,12,14H2,1-2H3,(H2,22,23,24,25). The number of nitrogens with one attached hydrogen (secondary N) is 2. The Hall–Kier alpha value is -2.88. The SMILES string of the molecule is Cc1cc(NCCCc2ccccc2)nc(Nc2ccccc2C)n1. The van der Waals surface area contributed by atoms with E-state index in [1.807, 2.05) is 37.3 Å². The van der Waals surface area contributed by atoms with Crippen LogP contribution in [-0.4, -0.2) is 16.5 Å². The quantitative estimate of drug-likeness (QED) is 0.605. The molecule has 25 heavy (non-hydrogen) atoms. The van der Waals surface area contributed by atoms with Crippen LogP contribution in [0.25, 0.3) is 0 Å². The van der Waals surface area contributed by atoms with Gasteiger partial charge < -0.3 is 10.6 Å². The smallest absolute Gasteiger partial charge is 0.229 e. The highest BCUT2D eigenvalue weighted by Gasteiger charge is 2.04. The van der Waals surface area contributed by atoms with Gasteiger partial charge in [0.1, 0.15) is 5.82 Å². The molecule has 0 saturated heterocycles. The maximum atomic E-state index is 4.58. The van der Waals surface area contributed by atoms with Crippen LogP contribution in [0.2, 0.25) is 0 Å². The minimum Gasteiger partial charge on any atom is -0.370 e. The Bertz CT molecular complexity index is 815. The molecule has 4 heteroatoms. The molecule has 128 valence electrons. The van der Waals surface area contributed by atoms with Crippen LogP contribution in [0.1, 0.15) is 23.2 Å². The molecule has 0 bridgehead atoms. The third kappa shape index (κ3) is 5.05. The second kappa shape index (κ2) is 8.29. The average Bonchev–Trinajstić information content (AvgIpc) is 2.61. The summed E-state index contributed by atoms with van der Waals surface area (Å²) in [6.45, 7) is 4.94. The van der Waals surface area contributed by atoms with Crippen LogP contribution in [0.15, 0.2) is 60.7 Å². The Morgan fingerprint density at radius 3 is 2.44 bits per heavy atom. The molecular weight excluding hydrogens is 308 g/mol. The lowest BCUT2D eigenvalue weighted by Gasteiger charge is -2.11. The molecule has 0 fully saturated rings. The van der Waals surface area contributed by atoms with Gasteiger partial charge in [-0.2, -0.15) is 4.98 Å². The van der Waals surface area contributed by atoms with Crippen molar-refractivity contribution in [2.24, 2.45) is 0 Å². The van der Waals surface area contributed by atoms with Gasteiger partial charge in [-0.3, -0.25) is 0 Å². The summed E-state index contributed by atoms with van der Waals surface area (Å²) in [5.74, 6) is 1.48. The summed E-state index contributed by atoms with van der Waals surface area (Å²) < 4.78 is 0. The molecule has 0 saturated carbocycles. The zero-order valence-corrected chi connectivity index (χ0v) is 14.8. The Morgan fingerprint density at radius 1 is 0.880 bits per heavy atom. The second-order valence-electron chi connectivity index (χ2n) is 6.17. The van der Waals surface area contributed by atoms with E-state index in [4.69, 9.17) is 0 Å². The van der Waals surface area contributed by atoms with Crippen LogP contribution in [0.5, 0.6) is 0 Å². The molecule has 1 heterocycles. The number of anilines is 3. The van der Waals surface area contributed by atoms with Gasteiger partial charge in [0.05, 0.1) is 0 Å². The summed E-state index contributed by atoms with van der Waals surface area (Å²) in [6.07, 6.45) is 2.12. The summed E-state index contributed by atoms with van der Waals surface area (Å²) in [5.41, 5.74) is 4.51. The Labute approximate surface area is 149 Å². The Balaban J connectivity index is 1.59. The highest BCUT2D eigenvalue weighted by Crippen LogP contribution is 2.19. The molecule has 0 aliphatic carbocycles. The lowest BCUT2D eigenvalue weighted by atomic mass is 10.1. The van der Waals surface area contributed by atoms with Crippen molar-refractivity contribution in [3.8, 4) is 0 Å². The molecule has 1 aromatic heterocycles. The predicted molar refractivity (Wildman–Crippen MR) is 104 cm³/mol. The number of nitrogens with zero attached hydrogens (tertiary/aromatic N) is 2. The summed E-state index contributed by atoms with van der Waals surface area (Å²) in [4.78, 5) is 9.07. The van der Waals surface area contributed by atoms with Gasteiger partial charge in [-0.25, -0.2) is 4.98 Å². The van der Waals surface area contributed by atoms with E-state index in [1.165, 1.54) is 11.1 Å². The van der Waals surface area contributed by atoms with E-state index in [1.54, 1.807) is 0 Å². The molecule has 0 spiro atoms. The first-order valence-corrected chi connectivity index (χ1v) is 8.67. The maximum Gasteiger partial charge on any atom is 0.229 e. The molecule has 0 aliphatic rings. The zero-order chi connectivity index (χ0) is 17.5. The van der Waals surface area contributed by atoms with E-state index in [2.05, 4.69) is 57.9 Å². The van der Waals surface area contributed by atoms with Crippen LogP contribution in [-0.2, 0) is 6.42 Å². The predicted octanol–water partition coefficient (Wildman–Crippen LogP) is 4.88. The van der Waals surface area contributed by atoms with Crippen molar-refractivity contribution in [1.29, 1.82) is 0 Å². The van der Waals surface area contributed by atoms with E-state index in [0.717, 1.165) is 36.6 Å².